The Hall–Kier alpha value is -3.20. The minimum Gasteiger partial charge on any atom is -0.462 e. The minimum atomic E-state index is 0.263. The molecule has 1 atom stereocenters. The van der Waals surface area contributed by atoms with Crippen LogP contribution in [0, 0.1) is 5.92 Å². The van der Waals surface area contributed by atoms with Gasteiger partial charge in [0.25, 0.3) is 0 Å². The summed E-state index contributed by atoms with van der Waals surface area (Å²) < 4.78 is 5.94. The fourth-order valence-corrected chi connectivity index (χ4v) is 3.63. The molecule has 3 heteroatoms. The summed E-state index contributed by atoms with van der Waals surface area (Å²) in [7, 11) is 2.13. The smallest absolute Gasteiger partial charge is 0.139 e. The standard InChI is InChI=1S/C25H24BNO/c1-19-25(20-9-5-6-14-24(17-20)28-19)15-8-16-27(22-11-3-2-4-12-22)23-13-7-10-21(26)18-23/h2-15,17-18,20H,16,26H2,1H3/b15-8-. The monoisotopic (exact) mass is 365 g/mol. The Morgan fingerprint density at radius 2 is 1.86 bits per heavy atom. The summed E-state index contributed by atoms with van der Waals surface area (Å²) >= 11 is 0. The van der Waals surface area contributed by atoms with Crippen molar-refractivity contribution < 1.29 is 4.74 Å². The van der Waals surface area contributed by atoms with E-state index in [1.807, 2.05) is 19.1 Å². The Morgan fingerprint density at radius 3 is 2.68 bits per heavy atom. The number of fused-ring (bicyclic) bond motifs is 1. The third-order valence-electron chi connectivity index (χ3n) is 5.04. The van der Waals surface area contributed by atoms with Gasteiger partial charge in [0.1, 0.15) is 19.4 Å². The lowest BCUT2D eigenvalue weighted by Crippen LogP contribution is -2.18. The molecule has 0 spiro atoms. The summed E-state index contributed by atoms with van der Waals surface area (Å²) in [5.41, 5.74) is 4.85. The lowest BCUT2D eigenvalue weighted by Gasteiger charge is -2.25. The molecule has 138 valence electrons. The summed E-state index contributed by atoms with van der Waals surface area (Å²) in [6.45, 7) is 2.83. The molecular weight excluding hydrogens is 341 g/mol. The third-order valence-corrected chi connectivity index (χ3v) is 5.04. The second-order valence-electron chi connectivity index (χ2n) is 7.14. The van der Waals surface area contributed by atoms with Crippen molar-refractivity contribution in [3.63, 3.8) is 0 Å². The van der Waals surface area contributed by atoms with Crippen LogP contribution in [0.3, 0.4) is 0 Å². The molecule has 1 heterocycles. The molecule has 0 saturated heterocycles. The Balaban J connectivity index is 1.59. The normalized spacial score (nSPS) is 18.0. The van der Waals surface area contributed by atoms with Crippen molar-refractivity contribution in [2.75, 3.05) is 11.4 Å². The predicted octanol–water partition coefficient (Wildman–Crippen LogP) is 4.57. The van der Waals surface area contributed by atoms with Crippen molar-refractivity contribution in [1.29, 1.82) is 0 Å². The molecule has 2 bridgehead atoms. The van der Waals surface area contributed by atoms with Gasteiger partial charge in [0.15, 0.2) is 0 Å². The van der Waals surface area contributed by atoms with Gasteiger partial charge in [-0.1, -0.05) is 66.2 Å². The molecule has 28 heavy (non-hydrogen) atoms. The van der Waals surface area contributed by atoms with Crippen LogP contribution in [0.2, 0.25) is 0 Å². The van der Waals surface area contributed by atoms with Gasteiger partial charge in [-0.2, -0.15) is 0 Å². The fourth-order valence-electron chi connectivity index (χ4n) is 3.63. The van der Waals surface area contributed by atoms with Crippen molar-refractivity contribution >= 4 is 24.7 Å². The number of anilines is 2. The van der Waals surface area contributed by atoms with Crippen LogP contribution in [0.25, 0.3) is 0 Å². The van der Waals surface area contributed by atoms with Gasteiger partial charge in [-0.05, 0) is 43.3 Å². The predicted molar refractivity (Wildman–Crippen MR) is 121 cm³/mol. The average molecular weight is 365 g/mol. The lowest BCUT2D eigenvalue weighted by atomic mass is 9.94. The van der Waals surface area contributed by atoms with E-state index in [9.17, 15) is 0 Å². The first-order chi connectivity index (χ1) is 13.7. The molecule has 2 aromatic carbocycles. The topological polar surface area (TPSA) is 12.5 Å². The highest BCUT2D eigenvalue weighted by atomic mass is 16.5. The molecule has 0 saturated carbocycles. The van der Waals surface area contributed by atoms with Crippen LogP contribution in [-0.4, -0.2) is 14.4 Å². The van der Waals surface area contributed by atoms with Gasteiger partial charge in [-0.3, -0.25) is 0 Å². The molecule has 0 aromatic heterocycles. The largest absolute Gasteiger partial charge is 0.462 e. The summed E-state index contributed by atoms with van der Waals surface area (Å²) in [5, 5.41) is 0. The number of allylic oxidation sites excluding steroid dienone is 8. The van der Waals surface area contributed by atoms with E-state index in [1.54, 1.807) is 0 Å². The first-order valence-electron chi connectivity index (χ1n) is 9.72. The third kappa shape index (κ3) is 4.04. The van der Waals surface area contributed by atoms with Crippen molar-refractivity contribution in [3.05, 3.63) is 114 Å². The Labute approximate surface area is 168 Å². The van der Waals surface area contributed by atoms with E-state index < -0.39 is 0 Å². The van der Waals surface area contributed by atoms with Crippen LogP contribution in [0.5, 0.6) is 0 Å². The SMILES string of the molecule is Bc1cccc(N(C/C=C\C2=C(C)OC3=CC2C=CC=C3)c2ccccc2)c1. The molecule has 0 radical (unpaired) electrons. The number of para-hydroxylation sites is 1. The summed E-state index contributed by atoms with van der Waals surface area (Å²) in [6, 6.07) is 19.2. The second kappa shape index (κ2) is 8.22. The molecule has 4 rings (SSSR count). The zero-order valence-corrected chi connectivity index (χ0v) is 16.4. The quantitative estimate of drug-likeness (QED) is 0.720. The maximum Gasteiger partial charge on any atom is 0.139 e. The van der Waals surface area contributed by atoms with Crippen molar-refractivity contribution in [2.24, 2.45) is 5.92 Å². The minimum absolute atomic E-state index is 0.263. The lowest BCUT2D eigenvalue weighted by molar-refractivity contribution is 0.304. The summed E-state index contributed by atoms with van der Waals surface area (Å²) in [4.78, 5) is 2.33. The van der Waals surface area contributed by atoms with E-state index in [0.29, 0.717) is 0 Å². The number of hydrogen-bond donors (Lipinski definition) is 0. The van der Waals surface area contributed by atoms with Crippen LogP contribution >= 0.6 is 0 Å². The van der Waals surface area contributed by atoms with Crippen molar-refractivity contribution in [3.8, 4) is 0 Å². The zero-order chi connectivity index (χ0) is 19.3. The summed E-state index contributed by atoms with van der Waals surface area (Å²) in [6.07, 6.45) is 14.9. The second-order valence-corrected chi connectivity index (χ2v) is 7.14. The van der Waals surface area contributed by atoms with E-state index in [-0.39, 0.29) is 5.92 Å². The average Bonchev–Trinajstić information content (AvgIpc) is 2.90. The first kappa shape index (κ1) is 18.2. The van der Waals surface area contributed by atoms with Crippen LogP contribution in [0.4, 0.5) is 11.4 Å². The van der Waals surface area contributed by atoms with E-state index >= 15 is 0 Å². The summed E-state index contributed by atoms with van der Waals surface area (Å²) in [5.74, 6) is 2.16. The highest BCUT2D eigenvalue weighted by molar-refractivity contribution is 6.32. The van der Waals surface area contributed by atoms with Gasteiger partial charge in [0.05, 0.1) is 0 Å². The van der Waals surface area contributed by atoms with E-state index in [2.05, 4.69) is 97.7 Å². The molecule has 1 aliphatic carbocycles. The molecule has 2 aromatic rings. The highest BCUT2D eigenvalue weighted by Crippen LogP contribution is 2.31. The van der Waals surface area contributed by atoms with Crippen LogP contribution < -0.4 is 10.4 Å². The number of ether oxygens (including phenoxy) is 1. The molecule has 0 N–H and O–H groups in total. The number of nitrogens with zero attached hydrogens (tertiary/aromatic N) is 1. The van der Waals surface area contributed by atoms with Gasteiger partial charge in [0, 0.05) is 29.4 Å². The fraction of sp³-hybridized carbons (Fsp3) is 0.120. The van der Waals surface area contributed by atoms with Crippen LogP contribution in [0.15, 0.2) is 114 Å². The molecule has 1 unspecified atom stereocenters. The maximum absolute atomic E-state index is 5.94. The number of benzene rings is 2. The Morgan fingerprint density at radius 1 is 1.04 bits per heavy atom. The van der Waals surface area contributed by atoms with Gasteiger partial charge in [-0.15, -0.1) is 0 Å². The Kier molecular flexibility index (Phi) is 5.34. The van der Waals surface area contributed by atoms with Crippen LogP contribution in [0.1, 0.15) is 6.92 Å². The van der Waals surface area contributed by atoms with E-state index in [4.69, 9.17) is 4.74 Å². The first-order valence-corrected chi connectivity index (χ1v) is 9.72. The molecule has 2 aliphatic rings. The van der Waals surface area contributed by atoms with E-state index in [0.717, 1.165) is 18.1 Å². The zero-order valence-electron chi connectivity index (χ0n) is 16.4. The van der Waals surface area contributed by atoms with Gasteiger partial charge < -0.3 is 9.64 Å². The highest BCUT2D eigenvalue weighted by Gasteiger charge is 2.19. The van der Waals surface area contributed by atoms with E-state index in [1.165, 1.54) is 22.4 Å². The molecule has 0 amide bonds. The van der Waals surface area contributed by atoms with Crippen molar-refractivity contribution in [1.82, 2.24) is 0 Å². The van der Waals surface area contributed by atoms with Gasteiger partial charge in [0.2, 0.25) is 0 Å². The Bertz CT molecular complexity index is 998. The van der Waals surface area contributed by atoms with Gasteiger partial charge in [-0.25, -0.2) is 0 Å². The maximum atomic E-state index is 5.94. The van der Waals surface area contributed by atoms with Gasteiger partial charge >= 0.3 is 0 Å². The molecule has 0 fully saturated rings. The molecular formula is C25H24BNO. The van der Waals surface area contributed by atoms with Crippen molar-refractivity contribution in [2.45, 2.75) is 6.92 Å². The van der Waals surface area contributed by atoms with Crippen LogP contribution in [-0.2, 0) is 4.74 Å². The molecule has 1 aliphatic heterocycles. The molecule has 2 nitrogen and oxygen atoms in total. The number of hydrogen-bond acceptors (Lipinski definition) is 2. The number of rotatable bonds is 5.